The highest BCUT2D eigenvalue weighted by molar-refractivity contribution is 5.86. The number of rotatable bonds is 4. The van der Waals surface area contributed by atoms with E-state index in [0.717, 1.165) is 10.6 Å². The van der Waals surface area contributed by atoms with Crippen molar-refractivity contribution < 1.29 is 19.2 Å². The summed E-state index contributed by atoms with van der Waals surface area (Å²) in [6.07, 6.45) is 0.162. The number of hydrogen-bond acceptors (Lipinski definition) is 4. The van der Waals surface area contributed by atoms with E-state index >= 15 is 0 Å². The molecular formula is C14H18N2O4. The Morgan fingerprint density at radius 3 is 2.60 bits per heavy atom. The van der Waals surface area contributed by atoms with E-state index in [2.05, 4.69) is 0 Å². The van der Waals surface area contributed by atoms with Crippen LogP contribution >= 0.6 is 0 Å². The monoisotopic (exact) mass is 278 g/mol. The minimum absolute atomic E-state index is 0.206. The van der Waals surface area contributed by atoms with Gasteiger partial charge in [-0.25, -0.2) is 9.86 Å². The third kappa shape index (κ3) is 3.08. The molecule has 1 heterocycles. The van der Waals surface area contributed by atoms with Crippen molar-refractivity contribution in [1.82, 2.24) is 9.96 Å². The summed E-state index contributed by atoms with van der Waals surface area (Å²) < 4.78 is 5.20. The summed E-state index contributed by atoms with van der Waals surface area (Å²) >= 11 is 0. The third-order valence-electron chi connectivity index (χ3n) is 3.33. The number of benzene rings is 1. The van der Waals surface area contributed by atoms with Crippen molar-refractivity contribution in [3.8, 4) is 0 Å². The van der Waals surface area contributed by atoms with Crippen LogP contribution in [0.3, 0.4) is 0 Å². The van der Waals surface area contributed by atoms with Crippen LogP contribution in [0.15, 0.2) is 30.3 Å². The fourth-order valence-electron chi connectivity index (χ4n) is 1.96. The first kappa shape index (κ1) is 14.3. The van der Waals surface area contributed by atoms with Crippen LogP contribution in [0, 0.1) is 0 Å². The lowest BCUT2D eigenvalue weighted by atomic mass is 10.0. The average Bonchev–Trinajstić information content (AvgIpc) is 2.44. The molecule has 0 aromatic heterocycles. The molecule has 0 radical (unpaired) electrons. The number of likely N-dealkylation sites (N-methyl/N-ethyl adjacent to an activating group) is 1. The molecule has 0 N–H and O–H groups in total. The molecular weight excluding hydrogens is 260 g/mol. The molecule has 1 unspecified atom stereocenters. The van der Waals surface area contributed by atoms with Crippen LogP contribution in [0.4, 0.5) is 4.79 Å². The Hall–Kier alpha value is -2.08. The molecule has 2 amide bonds. The Balaban J connectivity index is 1.85. The van der Waals surface area contributed by atoms with Gasteiger partial charge in [-0.2, -0.15) is 0 Å². The van der Waals surface area contributed by atoms with Crippen molar-refractivity contribution in [3.63, 3.8) is 0 Å². The van der Waals surface area contributed by atoms with E-state index in [9.17, 15) is 9.59 Å². The summed E-state index contributed by atoms with van der Waals surface area (Å²) in [4.78, 5) is 30.1. The lowest BCUT2D eigenvalue weighted by Crippen LogP contribution is -2.58. The molecule has 6 nitrogen and oxygen atoms in total. The Bertz CT molecular complexity index is 477. The summed E-state index contributed by atoms with van der Waals surface area (Å²) in [7, 11) is 2.93. The predicted octanol–water partition coefficient (Wildman–Crippen LogP) is 1.42. The van der Waals surface area contributed by atoms with Gasteiger partial charge in [-0.3, -0.25) is 14.5 Å². The zero-order valence-corrected chi connectivity index (χ0v) is 11.6. The number of hydrogen-bond donors (Lipinski definition) is 0. The SMILES string of the molecule is CON(C)C(=O)C1CCN1C(=O)OCc1ccccc1. The zero-order chi connectivity index (χ0) is 14.5. The maximum Gasteiger partial charge on any atom is 0.410 e. The number of nitrogens with zero attached hydrogens (tertiary/aromatic N) is 2. The van der Waals surface area contributed by atoms with E-state index in [1.54, 1.807) is 0 Å². The molecule has 0 bridgehead atoms. The van der Waals surface area contributed by atoms with E-state index in [4.69, 9.17) is 9.57 Å². The third-order valence-corrected chi connectivity index (χ3v) is 3.33. The minimum atomic E-state index is -0.483. The van der Waals surface area contributed by atoms with Crippen LogP contribution in [0.1, 0.15) is 12.0 Å². The normalized spacial score (nSPS) is 17.3. The van der Waals surface area contributed by atoms with Crippen molar-refractivity contribution in [1.29, 1.82) is 0 Å². The van der Waals surface area contributed by atoms with E-state index < -0.39 is 12.1 Å². The van der Waals surface area contributed by atoms with Crippen LogP contribution in [-0.4, -0.2) is 48.7 Å². The molecule has 1 fully saturated rings. The molecule has 2 rings (SSSR count). The second-order valence-corrected chi connectivity index (χ2v) is 4.56. The molecule has 6 heteroatoms. The molecule has 1 saturated heterocycles. The molecule has 1 atom stereocenters. The van der Waals surface area contributed by atoms with Crippen LogP contribution in [0.5, 0.6) is 0 Å². The molecule has 1 aromatic carbocycles. The first-order chi connectivity index (χ1) is 9.63. The Morgan fingerprint density at radius 2 is 2.05 bits per heavy atom. The van der Waals surface area contributed by atoms with Gasteiger partial charge in [0.1, 0.15) is 12.6 Å². The number of ether oxygens (including phenoxy) is 1. The van der Waals surface area contributed by atoms with E-state index in [-0.39, 0.29) is 12.5 Å². The fourth-order valence-corrected chi connectivity index (χ4v) is 1.96. The summed E-state index contributed by atoms with van der Waals surface area (Å²) in [6.45, 7) is 0.735. The summed E-state index contributed by atoms with van der Waals surface area (Å²) in [5.74, 6) is -0.240. The van der Waals surface area contributed by atoms with E-state index in [1.165, 1.54) is 19.1 Å². The van der Waals surface area contributed by atoms with Gasteiger partial charge >= 0.3 is 6.09 Å². The first-order valence-electron chi connectivity index (χ1n) is 6.42. The largest absolute Gasteiger partial charge is 0.445 e. The van der Waals surface area contributed by atoms with Crippen molar-refractivity contribution in [2.24, 2.45) is 0 Å². The molecule has 1 aliphatic heterocycles. The van der Waals surface area contributed by atoms with Gasteiger partial charge in [0.05, 0.1) is 7.11 Å². The second-order valence-electron chi connectivity index (χ2n) is 4.56. The summed E-state index contributed by atoms with van der Waals surface area (Å²) in [5, 5.41) is 1.13. The van der Waals surface area contributed by atoms with Crippen molar-refractivity contribution >= 4 is 12.0 Å². The maximum absolute atomic E-state index is 11.9. The van der Waals surface area contributed by atoms with E-state index in [0.29, 0.717) is 13.0 Å². The van der Waals surface area contributed by atoms with Crippen molar-refractivity contribution in [2.75, 3.05) is 20.7 Å². The molecule has 20 heavy (non-hydrogen) atoms. The molecule has 1 aromatic rings. The lowest BCUT2D eigenvalue weighted by molar-refractivity contribution is -0.177. The van der Waals surface area contributed by atoms with Crippen LogP contribution < -0.4 is 0 Å². The van der Waals surface area contributed by atoms with Gasteiger partial charge < -0.3 is 4.74 Å². The second kappa shape index (κ2) is 6.38. The van der Waals surface area contributed by atoms with Gasteiger partial charge in [-0.1, -0.05) is 30.3 Å². The fraction of sp³-hybridized carbons (Fsp3) is 0.429. The van der Waals surface area contributed by atoms with Crippen molar-refractivity contribution in [2.45, 2.75) is 19.1 Å². The predicted molar refractivity (Wildman–Crippen MR) is 71.5 cm³/mol. The molecule has 108 valence electrons. The number of amides is 2. The molecule has 0 spiro atoms. The van der Waals surface area contributed by atoms with E-state index in [1.807, 2.05) is 30.3 Å². The van der Waals surface area contributed by atoms with Crippen LogP contribution in [-0.2, 0) is 21.0 Å². The van der Waals surface area contributed by atoms with Gasteiger partial charge in [0, 0.05) is 13.6 Å². The van der Waals surface area contributed by atoms with Crippen LogP contribution in [0.25, 0.3) is 0 Å². The van der Waals surface area contributed by atoms with Gasteiger partial charge in [0.2, 0.25) is 0 Å². The van der Waals surface area contributed by atoms with Crippen LogP contribution in [0.2, 0.25) is 0 Å². The average molecular weight is 278 g/mol. The molecule has 0 aliphatic carbocycles. The zero-order valence-electron chi connectivity index (χ0n) is 11.6. The van der Waals surface area contributed by atoms with Gasteiger partial charge in [0.15, 0.2) is 0 Å². The lowest BCUT2D eigenvalue weighted by Gasteiger charge is -2.39. The number of hydroxylamine groups is 2. The minimum Gasteiger partial charge on any atom is -0.445 e. The first-order valence-corrected chi connectivity index (χ1v) is 6.42. The Morgan fingerprint density at radius 1 is 1.35 bits per heavy atom. The molecule has 0 saturated carbocycles. The smallest absolute Gasteiger partial charge is 0.410 e. The highest BCUT2D eigenvalue weighted by Gasteiger charge is 2.40. The standard InChI is InChI=1S/C14H18N2O4/c1-15(19-2)13(17)12-8-9-16(12)14(18)20-10-11-6-4-3-5-7-11/h3-7,12H,8-10H2,1-2H3. The Kier molecular flexibility index (Phi) is 4.57. The highest BCUT2D eigenvalue weighted by Crippen LogP contribution is 2.21. The highest BCUT2D eigenvalue weighted by atomic mass is 16.7. The van der Waals surface area contributed by atoms with Crippen molar-refractivity contribution in [3.05, 3.63) is 35.9 Å². The summed E-state index contributed by atoms with van der Waals surface area (Å²) in [5.41, 5.74) is 0.915. The summed E-state index contributed by atoms with van der Waals surface area (Å²) in [6, 6.07) is 8.94. The quantitative estimate of drug-likeness (QED) is 0.781. The molecule has 1 aliphatic rings. The number of likely N-dealkylation sites (tertiary alicyclic amines) is 1. The number of carbonyl (C=O) groups is 2. The maximum atomic E-state index is 11.9. The Labute approximate surface area is 117 Å². The van der Waals surface area contributed by atoms with Gasteiger partial charge in [-0.15, -0.1) is 0 Å². The van der Waals surface area contributed by atoms with Gasteiger partial charge in [0.25, 0.3) is 5.91 Å². The topological polar surface area (TPSA) is 59.1 Å². The number of carbonyl (C=O) groups excluding carboxylic acids is 2. The van der Waals surface area contributed by atoms with Gasteiger partial charge in [-0.05, 0) is 12.0 Å².